The lowest BCUT2D eigenvalue weighted by atomic mass is 9.97. The van der Waals surface area contributed by atoms with Crippen LogP contribution < -0.4 is 4.90 Å². The molecule has 0 aliphatic carbocycles. The number of anilines is 1. The third-order valence-corrected chi connectivity index (χ3v) is 5.05. The predicted octanol–water partition coefficient (Wildman–Crippen LogP) is 2.97. The maximum atomic E-state index is 13.1. The molecule has 0 spiro atoms. The van der Waals surface area contributed by atoms with Crippen LogP contribution in [-0.4, -0.2) is 47.6 Å². The van der Waals surface area contributed by atoms with Crippen molar-refractivity contribution in [3.8, 4) is 11.5 Å². The minimum atomic E-state index is -4.56. The molecule has 1 saturated heterocycles. The average Bonchev–Trinajstić information content (AvgIpc) is 3.43. The zero-order valence-electron chi connectivity index (χ0n) is 15.5. The molecule has 1 atom stereocenters. The molecule has 1 aliphatic heterocycles. The third kappa shape index (κ3) is 3.33. The van der Waals surface area contributed by atoms with Crippen molar-refractivity contribution in [2.24, 2.45) is 0 Å². The van der Waals surface area contributed by atoms with Gasteiger partial charge in [0, 0.05) is 31.4 Å². The van der Waals surface area contributed by atoms with Gasteiger partial charge in [0.25, 0.3) is 0 Å². The highest BCUT2D eigenvalue weighted by atomic mass is 19.4. The Morgan fingerprint density at radius 3 is 2.80 bits per heavy atom. The van der Waals surface area contributed by atoms with E-state index in [1.807, 2.05) is 0 Å². The fraction of sp³-hybridized carbons (Fsp3) is 0.333. The third-order valence-electron chi connectivity index (χ3n) is 5.05. The van der Waals surface area contributed by atoms with Gasteiger partial charge in [0.05, 0.1) is 12.4 Å². The van der Waals surface area contributed by atoms with Crippen molar-refractivity contribution in [1.82, 2.24) is 34.5 Å². The molecule has 0 aromatic carbocycles. The van der Waals surface area contributed by atoms with Gasteiger partial charge in [-0.15, -0.1) is 0 Å². The van der Waals surface area contributed by atoms with Crippen molar-refractivity contribution in [2.75, 3.05) is 18.0 Å². The molecule has 4 aromatic heterocycles. The molecule has 0 radical (unpaired) electrons. The summed E-state index contributed by atoms with van der Waals surface area (Å²) < 4.78 is 45.3. The van der Waals surface area contributed by atoms with Gasteiger partial charge in [-0.05, 0) is 18.9 Å². The molecule has 30 heavy (non-hydrogen) atoms. The summed E-state index contributed by atoms with van der Waals surface area (Å²) in [5, 5.41) is 3.93. The van der Waals surface area contributed by atoms with E-state index in [-0.39, 0.29) is 17.4 Å². The van der Waals surface area contributed by atoms with E-state index in [9.17, 15) is 13.2 Å². The molecule has 0 N–H and O–H groups in total. The summed E-state index contributed by atoms with van der Waals surface area (Å²) in [7, 11) is 0. The lowest BCUT2D eigenvalue weighted by molar-refractivity contribution is -0.141. The van der Waals surface area contributed by atoms with Gasteiger partial charge in [-0.3, -0.25) is 4.40 Å². The standard InChI is InChI=1S/C18H15F3N8O/c19-18(20,21)13-9-29-12(6-24-15(29)7-23-13)17-22-4-3-14(26-17)28-5-1-2-11(8-28)16-25-10-30-27-16/h3-4,6-7,9-11H,1-2,5,8H2. The summed E-state index contributed by atoms with van der Waals surface area (Å²) in [6.45, 7) is 1.45. The summed E-state index contributed by atoms with van der Waals surface area (Å²) in [4.78, 5) is 22.6. The van der Waals surface area contributed by atoms with Crippen molar-refractivity contribution in [3.05, 3.63) is 48.8 Å². The molecule has 9 nitrogen and oxygen atoms in total. The second-order valence-electron chi connectivity index (χ2n) is 6.95. The normalized spacial score (nSPS) is 17.6. The van der Waals surface area contributed by atoms with Crippen LogP contribution in [0.4, 0.5) is 19.0 Å². The number of hydrogen-bond donors (Lipinski definition) is 0. The first-order valence-electron chi connectivity index (χ1n) is 9.24. The number of piperidine rings is 1. The van der Waals surface area contributed by atoms with Gasteiger partial charge in [0.2, 0.25) is 6.39 Å². The van der Waals surface area contributed by atoms with Crippen LogP contribution in [0.5, 0.6) is 0 Å². The van der Waals surface area contributed by atoms with Crippen molar-refractivity contribution < 1.29 is 17.7 Å². The zero-order chi connectivity index (χ0) is 20.7. The number of alkyl halides is 3. The molecular weight excluding hydrogens is 401 g/mol. The van der Waals surface area contributed by atoms with E-state index in [4.69, 9.17) is 4.52 Å². The molecule has 0 amide bonds. The van der Waals surface area contributed by atoms with Gasteiger partial charge >= 0.3 is 6.18 Å². The van der Waals surface area contributed by atoms with Gasteiger partial charge in [0.15, 0.2) is 23.0 Å². The highest BCUT2D eigenvalue weighted by Crippen LogP contribution is 2.30. The van der Waals surface area contributed by atoms with Gasteiger partial charge in [-0.2, -0.15) is 18.2 Å². The van der Waals surface area contributed by atoms with E-state index in [1.165, 1.54) is 17.0 Å². The molecule has 4 aromatic rings. The van der Waals surface area contributed by atoms with E-state index in [1.54, 1.807) is 12.3 Å². The lowest BCUT2D eigenvalue weighted by Crippen LogP contribution is -2.35. The summed E-state index contributed by atoms with van der Waals surface area (Å²) in [6.07, 6.45) is 3.62. The first-order chi connectivity index (χ1) is 14.5. The molecule has 1 unspecified atom stereocenters. The molecule has 5 rings (SSSR count). The topological polar surface area (TPSA) is 98.1 Å². The average molecular weight is 416 g/mol. The van der Waals surface area contributed by atoms with Crippen LogP contribution in [0.25, 0.3) is 17.2 Å². The van der Waals surface area contributed by atoms with Crippen LogP contribution in [0.15, 0.2) is 41.8 Å². The number of rotatable bonds is 3. The number of nitrogens with zero attached hydrogens (tertiary/aromatic N) is 8. The molecule has 154 valence electrons. The van der Waals surface area contributed by atoms with E-state index >= 15 is 0 Å². The molecule has 12 heteroatoms. The van der Waals surface area contributed by atoms with Crippen LogP contribution in [0.2, 0.25) is 0 Å². The van der Waals surface area contributed by atoms with Crippen LogP contribution in [0, 0.1) is 0 Å². The fourth-order valence-corrected chi connectivity index (χ4v) is 3.60. The van der Waals surface area contributed by atoms with E-state index in [2.05, 4.69) is 35.0 Å². The SMILES string of the molecule is FC(F)(F)c1cn2c(-c3nccc(N4CCCC(c5ncon5)C4)n3)cnc2cn1. The van der Waals surface area contributed by atoms with Crippen molar-refractivity contribution in [1.29, 1.82) is 0 Å². The number of halogens is 3. The second kappa shape index (κ2) is 7.04. The van der Waals surface area contributed by atoms with Crippen LogP contribution >= 0.6 is 0 Å². The summed E-state index contributed by atoms with van der Waals surface area (Å²) in [5.74, 6) is 1.73. The number of hydrogen-bond acceptors (Lipinski definition) is 8. The van der Waals surface area contributed by atoms with Crippen LogP contribution in [0.1, 0.15) is 30.3 Å². The Labute approximate surface area is 167 Å². The first kappa shape index (κ1) is 18.5. The predicted molar refractivity (Wildman–Crippen MR) is 97.5 cm³/mol. The fourth-order valence-electron chi connectivity index (χ4n) is 3.60. The van der Waals surface area contributed by atoms with Gasteiger partial charge < -0.3 is 9.42 Å². The maximum Gasteiger partial charge on any atom is 0.434 e. The Morgan fingerprint density at radius 2 is 2.00 bits per heavy atom. The molecule has 1 aliphatic rings. The quantitative estimate of drug-likeness (QED) is 0.503. The number of fused-ring (bicyclic) bond motifs is 1. The Balaban J connectivity index is 1.48. The molecule has 5 heterocycles. The lowest BCUT2D eigenvalue weighted by Gasteiger charge is -2.32. The second-order valence-corrected chi connectivity index (χ2v) is 6.95. The zero-order valence-corrected chi connectivity index (χ0v) is 15.5. The van der Waals surface area contributed by atoms with Crippen molar-refractivity contribution in [3.63, 3.8) is 0 Å². The summed E-state index contributed by atoms with van der Waals surface area (Å²) in [6, 6.07) is 1.77. The van der Waals surface area contributed by atoms with Crippen molar-refractivity contribution in [2.45, 2.75) is 24.9 Å². The Kier molecular flexibility index (Phi) is 4.33. The van der Waals surface area contributed by atoms with Gasteiger partial charge in [-0.1, -0.05) is 5.16 Å². The van der Waals surface area contributed by atoms with Gasteiger partial charge in [-0.25, -0.2) is 19.9 Å². The molecular formula is C18H15F3N8O. The first-order valence-corrected chi connectivity index (χ1v) is 9.24. The maximum absolute atomic E-state index is 13.1. The molecule has 0 bridgehead atoms. The summed E-state index contributed by atoms with van der Waals surface area (Å²) >= 11 is 0. The smallest absolute Gasteiger partial charge is 0.356 e. The Bertz CT molecular complexity index is 1170. The monoisotopic (exact) mass is 416 g/mol. The minimum absolute atomic E-state index is 0.118. The highest BCUT2D eigenvalue weighted by Gasteiger charge is 2.33. The van der Waals surface area contributed by atoms with E-state index < -0.39 is 11.9 Å². The largest absolute Gasteiger partial charge is 0.434 e. The van der Waals surface area contributed by atoms with Gasteiger partial charge in [0.1, 0.15) is 11.5 Å². The Hall–Kier alpha value is -3.57. The highest BCUT2D eigenvalue weighted by molar-refractivity contribution is 5.58. The number of imidazole rings is 1. The minimum Gasteiger partial charge on any atom is -0.356 e. The Morgan fingerprint density at radius 1 is 1.10 bits per heavy atom. The van der Waals surface area contributed by atoms with Crippen LogP contribution in [0.3, 0.4) is 0 Å². The number of aromatic nitrogens is 7. The van der Waals surface area contributed by atoms with Crippen molar-refractivity contribution >= 4 is 11.5 Å². The summed E-state index contributed by atoms with van der Waals surface area (Å²) in [5.41, 5.74) is -0.377. The van der Waals surface area contributed by atoms with E-state index in [0.29, 0.717) is 23.9 Å². The van der Waals surface area contributed by atoms with E-state index in [0.717, 1.165) is 31.8 Å². The van der Waals surface area contributed by atoms with Crippen LogP contribution in [-0.2, 0) is 6.18 Å². The molecule has 1 fully saturated rings. The molecule has 0 saturated carbocycles.